The van der Waals surface area contributed by atoms with E-state index in [4.69, 9.17) is 25.8 Å². The van der Waals surface area contributed by atoms with Crippen molar-refractivity contribution in [3.63, 3.8) is 0 Å². The number of hydrogen-bond acceptors (Lipinski definition) is 3. The van der Waals surface area contributed by atoms with Crippen molar-refractivity contribution in [1.82, 2.24) is 0 Å². The van der Waals surface area contributed by atoms with Crippen molar-refractivity contribution in [2.24, 2.45) is 0 Å². The lowest BCUT2D eigenvalue weighted by atomic mass is 9.84. The molecule has 4 heteroatoms. The Morgan fingerprint density at radius 1 is 0.844 bits per heavy atom. The summed E-state index contributed by atoms with van der Waals surface area (Å²) in [7, 11) is 1.67. The van der Waals surface area contributed by atoms with Crippen molar-refractivity contribution in [1.29, 1.82) is 0 Å². The van der Waals surface area contributed by atoms with Crippen LogP contribution in [0.5, 0.6) is 11.5 Å². The van der Waals surface area contributed by atoms with E-state index in [9.17, 15) is 0 Å². The van der Waals surface area contributed by atoms with Gasteiger partial charge in [-0.1, -0.05) is 54.8 Å². The van der Waals surface area contributed by atoms with Crippen LogP contribution >= 0.6 is 11.6 Å². The monoisotopic (exact) mass is 449 g/mol. The Hall–Kier alpha value is -2.49. The Kier molecular flexibility index (Phi) is 8.08. The van der Waals surface area contributed by atoms with Crippen LogP contribution in [-0.2, 0) is 11.3 Å². The lowest BCUT2D eigenvalue weighted by Gasteiger charge is -2.21. The first kappa shape index (κ1) is 22.7. The molecule has 1 atom stereocenters. The molecule has 0 saturated heterocycles. The van der Waals surface area contributed by atoms with E-state index in [1.165, 1.54) is 31.2 Å². The summed E-state index contributed by atoms with van der Waals surface area (Å²) in [4.78, 5) is 0. The molecular formula is C28H30ClO3. The van der Waals surface area contributed by atoms with E-state index in [1.54, 1.807) is 7.11 Å². The van der Waals surface area contributed by atoms with E-state index < -0.39 is 0 Å². The van der Waals surface area contributed by atoms with E-state index in [-0.39, 0.29) is 0 Å². The fourth-order valence-electron chi connectivity index (χ4n) is 4.15. The van der Waals surface area contributed by atoms with Gasteiger partial charge in [0.15, 0.2) is 0 Å². The quantitative estimate of drug-likeness (QED) is 0.317. The lowest BCUT2D eigenvalue weighted by Crippen LogP contribution is -2.06. The van der Waals surface area contributed by atoms with Crippen molar-refractivity contribution < 1.29 is 14.2 Å². The van der Waals surface area contributed by atoms with Gasteiger partial charge in [-0.3, -0.25) is 0 Å². The molecule has 1 unspecified atom stereocenters. The Bertz CT molecular complexity index is 977. The van der Waals surface area contributed by atoms with Gasteiger partial charge in [-0.25, -0.2) is 0 Å². The molecule has 3 nitrogen and oxygen atoms in total. The maximum absolute atomic E-state index is 6.18. The normalized spacial score (nSPS) is 14.3. The molecule has 1 fully saturated rings. The largest absolute Gasteiger partial charge is 0.491 e. The van der Waals surface area contributed by atoms with Crippen LogP contribution < -0.4 is 9.47 Å². The van der Waals surface area contributed by atoms with Gasteiger partial charge < -0.3 is 14.2 Å². The highest BCUT2D eigenvalue weighted by molar-refractivity contribution is 6.30. The summed E-state index contributed by atoms with van der Waals surface area (Å²) in [5.41, 5.74) is 4.65. The number of benzene rings is 3. The summed E-state index contributed by atoms with van der Waals surface area (Å²) in [6.45, 7) is 1.51. The molecule has 1 radical (unpaired) electrons. The Morgan fingerprint density at radius 3 is 2.34 bits per heavy atom. The van der Waals surface area contributed by atoms with Crippen LogP contribution in [0.2, 0.25) is 5.02 Å². The zero-order valence-corrected chi connectivity index (χ0v) is 19.3. The van der Waals surface area contributed by atoms with Gasteiger partial charge in [0.25, 0.3) is 0 Å². The molecule has 4 rings (SSSR count). The molecule has 1 aliphatic carbocycles. The zero-order valence-electron chi connectivity index (χ0n) is 18.6. The first-order chi connectivity index (χ1) is 15.7. The van der Waals surface area contributed by atoms with Gasteiger partial charge in [-0.2, -0.15) is 0 Å². The standard InChI is InChI=1S/C28H30ClO3/c1-30-17-18-31-27-15-16-28(23-7-11-25(29)12-8-23)24(19-27)20-32-26-13-9-22(10-14-26)21-5-3-2-4-6-21/h5,7-16,19,21H,2-4,6,17-18,20H2,1H3. The van der Waals surface area contributed by atoms with Gasteiger partial charge in [0.1, 0.15) is 24.7 Å². The molecule has 1 saturated carbocycles. The summed E-state index contributed by atoms with van der Waals surface area (Å²) in [5.74, 6) is 2.26. The summed E-state index contributed by atoms with van der Waals surface area (Å²) in [5, 5.41) is 0.723. The van der Waals surface area contributed by atoms with Crippen molar-refractivity contribution >= 4 is 11.6 Å². The molecule has 0 amide bonds. The van der Waals surface area contributed by atoms with E-state index in [2.05, 4.69) is 36.8 Å². The first-order valence-corrected chi connectivity index (χ1v) is 11.7. The zero-order chi connectivity index (χ0) is 22.2. The minimum absolute atomic E-state index is 0.453. The van der Waals surface area contributed by atoms with E-state index in [0.717, 1.165) is 33.2 Å². The van der Waals surface area contributed by atoms with Crippen molar-refractivity contribution in [3.05, 3.63) is 89.3 Å². The second kappa shape index (κ2) is 11.4. The molecule has 0 spiro atoms. The minimum atomic E-state index is 0.453. The smallest absolute Gasteiger partial charge is 0.119 e. The van der Waals surface area contributed by atoms with Crippen molar-refractivity contribution in [2.75, 3.05) is 20.3 Å². The van der Waals surface area contributed by atoms with Crippen LogP contribution in [0.3, 0.4) is 0 Å². The molecule has 0 N–H and O–H groups in total. The molecule has 167 valence electrons. The molecule has 3 aromatic carbocycles. The highest BCUT2D eigenvalue weighted by atomic mass is 35.5. The third-order valence-corrected chi connectivity index (χ3v) is 6.16. The van der Waals surface area contributed by atoms with Crippen LogP contribution in [0.15, 0.2) is 66.7 Å². The first-order valence-electron chi connectivity index (χ1n) is 11.3. The van der Waals surface area contributed by atoms with Crippen molar-refractivity contribution in [2.45, 2.75) is 38.2 Å². The highest BCUT2D eigenvalue weighted by Gasteiger charge is 2.15. The fourth-order valence-corrected chi connectivity index (χ4v) is 4.28. The average Bonchev–Trinajstić information content (AvgIpc) is 2.84. The topological polar surface area (TPSA) is 27.7 Å². The molecular weight excluding hydrogens is 420 g/mol. The van der Waals surface area contributed by atoms with Gasteiger partial charge in [-0.15, -0.1) is 0 Å². The predicted octanol–water partition coefficient (Wildman–Crippen LogP) is 7.47. The van der Waals surface area contributed by atoms with Crippen LogP contribution in [0.4, 0.5) is 0 Å². The minimum Gasteiger partial charge on any atom is -0.491 e. The fraction of sp³-hybridized carbons (Fsp3) is 0.321. The lowest BCUT2D eigenvalue weighted by molar-refractivity contribution is 0.146. The summed E-state index contributed by atoms with van der Waals surface area (Å²) < 4.78 is 17.1. The molecule has 0 bridgehead atoms. The SMILES string of the molecule is COCCOc1ccc(-c2ccc(Cl)cc2)c(COc2ccc(C3[CH]CCCC3)cc2)c1. The average molecular weight is 450 g/mol. The molecule has 3 aromatic rings. The maximum Gasteiger partial charge on any atom is 0.119 e. The van der Waals surface area contributed by atoms with Crippen LogP contribution in [0.25, 0.3) is 11.1 Å². The van der Waals surface area contributed by atoms with Crippen LogP contribution in [-0.4, -0.2) is 20.3 Å². The second-order valence-electron chi connectivity index (χ2n) is 8.15. The summed E-state index contributed by atoms with van der Waals surface area (Å²) in [6.07, 6.45) is 7.56. The number of ether oxygens (including phenoxy) is 3. The number of rotatable bonds is 9. The Labute approximate surface area is 196 Å². The molecule has 1 aliphatic rings. The number of halogens is 1. The number of hydrogen-bond donors (Lipinski definition) is 0. The van der Waals surface area contributed by atoms with E-state index in [0.29, 0.717) is 25.7 Å². The molecule has 0 heterocycles. The maximum atomic E-state index is 6.18. The molecule has 32 heavy (non-hydrogen) atoms. The van der Waals surface area contributed by atoms with Gasteiger partial charge in [-0.05, 0) is 78.3 Å². The summed E-state index contributed by atoms with van der Waals surface area (Å²) >= 11 is 6.09. The second-order valence-corrected chi connectivity index (χ2v) is 8.59. The molecule has 0 aromatic heterocycles. The third-order valence-electron chi connectivity index (χ3n) is 5.91. The van der Waals surface area contributed by atoms with Crippen LogP contribution in [0.1, 0.15) is 42.7 Å². The van der Waals surface area contributed by atoms with E-state index >= 15 is 0 Å². The predicted molar refractivity (Wildman–Crippen MR) is 131 cm³/mol. The molecule has 0 aliphatic heterocycles. The van der Waals surface area contributed by atoms with Crippen LogP contribution in [0, 0.1) is 6.42 Å². The highest BCUT2D eigenvalue weighted by Crippen LogP contribution is 2.33. The summed E-state index contributed by atoms with van der Waals surface area (Å²) in [6, 6.07) is 22.5. The van der Waals surface area contributed by atoms with E-state index in [1.807, 2.05) is 36.4 Å². The van der Waals surface area contributed by atoms with Gasteiger partial charge in [0.05, 0.1) is 6.61 Å². The number of methoxy groups -OCH3 is 1. The third kappa shape index (κ3) is 6.05. The van der Waals surface area contributed by atoms with Gasteiger partial charge in [0.2, 0.25) is 0 Å². The van der Waals surface area contributed by atoms with Gasteiger partial charge >= 0.3 is 0 Å². The Morgan fingerprint density at radius 2 is 1.62 bits per heavy atom. The van der Waals surface area contributed by atoms with Gasteiger partial charge in [0, 0.05) is 17.7 Å². The Balaban J connectivity index is 1.49. The van der Waals surface area contributed by atoms with Crippen molar-refractivity contribution in [3.8, 4) is 22.6 Å².